The zero-order chi connectivity index (χ0) is 16.5. The van der Waals surface area contributed by atoms with Crippen molar-refractivity contribution >= 4 is 30.7 Å². The van der Waals surface area contributed by atoms with Crippen LogP contribution in [0.25, 0.3) is 0 Å². The predicted molar refractivity (Wildman–Crippen MR) is 108 cm³/mol. The van der Waals surface area contributed by atoms with E-state index in [-0.39, 0.29) is 30.7 Å². The predicted octanol–water partition coefficient (Wildman–Crippen LogP) is 2.31. The fourth-order valence-corrected chi connectivity index (χ4v) is 5.62. The summed E-state index contributed by atoms with van der Waals surface area (Å²) in [4.78, 5) is 17.9. The van der Waals surface area contributed by atoms with Gasteiger partial charge in [-0.1, -0.05) is 6.42 Å². The summed E-state index contributed by atoms with van der Waals surface area (Å²) in [6.45, 7) is 5.71. The number of nitrogens with zero attached hydrogens (tertiary/aromatic N) is 2. The molecular weight excluding hydrogens is 373 g/mol. The standard InChI is InChI=1S/C19H33N3O2.2ClH/c20-18-14-3-1-4-15(18)12-16(11-14)19(23)22-6-2-5-17(22)13-21-7-9-24-10-8-21;;/h14-18H,1-13,20H2;2*1H. The van der Waals surface area contributed by atoms with Gasteiger partial charge in [-0.05, 0) is 50.4 Å². The molecule has 1 amide bonds. The maximum atomic E-state index is 13.2. The molecule has 0 spiro atoms. The first-order chi connectivity index (χ1) is 11.7. The van der Waals surface area contributed by atoms with Crippen molar-refractivity contribution in [3.63, 3.8) is 0 Å². The number of morpholine rings is 1. The Balaban J connectivity index is 0.00000121. The van der Waals surface area contributed by atoms with Gasteiger partial charge in [-0.15, -0.1) is 24.8 Å². The fraction of sp³-hybridized carbons (Fsp3) is 0.947. The summed E-state index contributed by atoms with van der Waals surface area (Å²) in [5.41, 5.74) is 6.41. The zero-order valence-corrected chi connectivity index (χ0v) is 17.3. The lowest BCUT2D eigenvalue weighted by molar-refractivity contribution is -0.140. The minimum Gasteiger partial charge on any atom is -0.379 e. The first-order valence-electron chi connectivity index (χ1n) is 10.1. The number of likely N-dealkylation sites (tertiary alicyclic amines) is 1. The Labute approximate surface area is 170 Å². The van der Waals surface area contributed by atoms with Gasteiger partial charge in [0.25, 0.3) is 0 Å². The van der Waals surface area contributed by atoms with Gasteiger partial charge < -0.3 is 15.4 Å². The highest BCUT2D eigenvalue weighted by molar-refractivity contribution is 5.85. The van der Waals surface area contributed by atoms with Crippen molar-refractivity contribution < 1.29 is 9.53 Å². The van der Waals surface area contributed by atoms with Crippen LogP contribution in [0.15, 0.2) is 0 Å². The van der Waals surface area contributed by atoms with Gasteiger partial charge in [0.05, 0.1) is 13.2 Å². The molecule has 4 aliphatic rings. The lowest BCUT2D eigenvalue weighted by Gasteiger charge is -2.45. The van der Waals surface area contributed by atoms with E-state index in [1.54, 1.807) is 0 Å². The second-order valence-electron chi connectivity index (χ2n) is 8.44. The molecule has 2 saturated carbocycles. The van der Waals surface area contributed by atoms with Crippen LogP contribution in [0.4, 0.5) is 0 Å². The number of halogens is 2. The van der Waals surface area contributed by atoms with Crippen molar-refractivity contribution in [3.8, 4) is 0 Å². The topological polar surface area (TPSA) is 58.8 Å². The van der Waals surface area contributed by atoms with Crippen LogP contribution in [0.5, 0.6) is 0 Å². The number of amides is 1. The molecule has 2 heterocycles. The molecule has 2 bridgehead atoms. The summed E-state index contributed by atoms with van der Waals surface area (Å²) in [6.07, 6.45) is 8.20. The van der Waals surface area contributed by atoms with Gasteiger partial charge in [-0.2, -0.15) is 0 Å². The maximum absolute atomic E-state index is 13.2. The normalized spacial score (nSPS) is 37.6. The second kappa shape index (κ2) is 9.92. The van der Waals surface area contributed by atoms with Crippen molar-refractivity contribution in [2.45, 2.75) is 57.0 Å². The van der Waals surface area contributed by atoms with E-state index in [9.17, 15) is 4.79 Å². The number of carbonyl (C=O) groups excluding carboxylic acids is 1. The van der Waals surface area contributed by atoms with Gasteiger partial charge in [-0.3, -0.25) is 9.69 Å². The molecule has 2 saturated heterocycles. The first-order valence-corrected chi connectivity index (χ1v) is 10.1. The van der Waals surface area contributed by atoms with Crippen molar-refractivity contribution in [1.29, 1.82) is 0 Å². The molecule has 0 radical (unpaired) electrons. The average Bonchev–Trinajstić information content (AvgIpc) is 3.03. The lowest BCUT2D eigenvalue weighted by atomic mass is 9.65. The van der Waals surface area contributed by atoms with Crippen molar-refractivity contribution in [1.82, 2.24) is 9.80 Å². The van der Waals surface area contributed by atoms with Gasteiger partial charge in [-0.25, -0.2) is 0 Å². The molecule has 3 atom stereocenters. The number of hydrogen-bond acceptors (Lipinski definition) is 4. The number of hydrogen-bond donors (Lipinski definition) is 1. The van der Waals surface area contributed by atoms with Crippen molar-refractivity contribution in [2.75, 3.05) is 39.4 Å². The van der Waals surface area contributed by atoms with Gasteiger partial charge in [0.15, 0.2) is 0 Å². The SMILES string of the molecule is Cl.Cl.NC1C2CCCC1CC(C(=O)N1CCCC1CN1CCOCC1)C2. The first kappa shape index (κ1) is 22.2. The van der Waals surface area contributed by atoms with Gasteiger partial charge >= 0.3 is 0 Å². The minimum atomic E-state index is 0. The summed E-state index contributed by atoms with van der Waals surface area (Å²) in [6, 6.07) is 0.775. The molecule has 7 heteroatoms. The van der Waals surface area contributed by atoms with Crippen molar-refractivity contribution in [2.24, 2.45) is 23.5 Å². The fourth-order valence-electron chi connectivity index (χ4n) is 5.62. The van der Waals surface area contributed by atoms with Crippen LogP contribution in [-0.4, -0.2) is 67.2 Å². The third kappa shape index (κ3) is 4.67. The largest absolute Gasteiger partial charge is 0.379 e. The molecule has 2 aliphatic heterocycles. The number of fused-ring (bicyclic) bond motifs is 2. The highest BCUT2D eigenvalue weighted by Gasteiger charge is 2.43. The van der Waals surface area contributed by atoms with Crippen molar-refractivity contribution in [3.05, 3.63) is 0 Å². The van der Waals surface area contributed by atoms with Crippen LogP contribution in [0.2, 0.25) is 0 Å². The molecule has 4 rings (SSSR count). The molecule has 2 aliphatic carbocycles. The van der Waals surface area contributed by atoms with Crippen LogP contribution in [0, 0.1) is 17.8 Å². The van der Waals surface area contributed by atoms with E-state index in [1.807, 2.05) is 0 Å². The molecule has 2 N–H and O–H groups in total. The molecule has 0 aromatic heterocycles. The highest BCUT2D eigenvalue weighted by atomic mass is 35.5. The Bertz CT molecular complexity index is 448. The molecule has 0 aromatic rings. The van der Waals surface area contributed by atoms with Crippen LogP contribution in [0.1, 0.15) is 44.9 Å². The van der Waals surface area contributed by atoms with Gasteiger partial charge in [0.1, 0.15) is 0 Å². The molecule has 152 valence electrons. The minimum absolute atomic E-state index is 0. The summed E-state index contributed by atoms with van der Waals surface area (Å²) >= 11 is 0. The van der Waals surface area contributed by atoms with Gasteiger partial charge in [0.2, 0.25) is 5.91 Å². The smallest absolute Gasteiger partial charge is 0.225 e. The summed E-state index contributed by atoms with van der Waals surface area (Å²) in [7, 11) is 0. The monoisotopic (exact) mass is 407 g/mol. The Hall–Kier alpha value is -0.0700. The van der Waals surface area contributed by atoms with Crippen LogP contribution in [-0.2, 0) is 9.53 Å². The van der Waals surface area contributed by atoms with E-state index < -0.39 is 0 Å². The quantitative estimate of drug-likeness (QED) is 0.779. The Morgan fingerprint density at radius 3 is 2.27 bits per heavy atom. The van der Waals surface area contributed by atoms with E-state index >= 15 is 0 Å². The zero-order valence-electron chi connectivity index (χ0n) is 15.7. The number of ether oxygens (including phenoxy) is 1. The second-order valence-corrected chi connectivity index (χ2v) is 8.44. The summed E-state index contributed by atoms with van der Waals surface area (Å²) < 4.78 is 5.45. The molecule has 26 heavy (non-hydrogen) atoms. The van der Waals surface area contributed by atoms with E-state index in [0.717, 1.165) is 52.2 Å². The molecule has 4 fully saturated rings. The summed E-state index contributed by atoms with van der Waals surface area (Å²) in [5.74, 6) is 1.86. The molecule has 3 unspecified atom stereocenters. The molecular formula is C19H35Cl2N3O2. The average molecular weight is 408 g/mol. The van der Waals surface area contributed by atoms with E-state index in [4.69, 9.17) is 10.5 Å². The number of rotatable bonds is 3. The highest BCUT2D eigenvalue weighted by Crippen LogP contribution is 2.43. The third-order valence-electron chi connectivity index (χ3n) is 7.00. The van der Waals surface area contributed by atoms with Gasteiger partial charge in [0, 0.05) is 44.2 Å². The van der Waals surface area contributed by atoms with Crippen LogP contribution < -0.4 is 5.73 Å². The van der Waals surface area contributed by atoms with E-state index in [0.29, 0.717) is 29.8 Å². The van der Waals surface area contributed by atoms with E-state index in [2.05, 4.69) is 9.80 Å². The number of nitrogens with two attached hydrogens (primary N) is 1. The Morgan fingerprint density at radius 2 is 1.62 bits per heavy atom. The Morgan fingerprint density at radius 1 is 0.962 bits per heavy atom. The van der Waals surface area contributed by atoms with Crippen LogP contribution >= 0.6 is 24.8 Å². The summed E-state index contributed by atoms with van der Waals surface area (Å²) in [5, 5.41) is 0. The maximum Gasteiger partial charge on any atom is 0.225 e. The third-order valence-corrected chi connectivity index (χ3v) is 7.00. The lowest BCUT2D eigenvalue weighted by Crippen LogP contribution is -2.52. The molecule has 0 aromatic carbocycles. The molecule has 5 nitrogen and oxygen atoms in total. The number of carbonyl (C=O) groups is 1. The van der Waals surface area contributed by atoms with Crippen LogP contribution in [0.3, 0.4) is 0 Å². The van der Waals surface area contributed by atoms with E-state index in [1.165, 1.54) is 32.1 Å². The Kier molecular flexibility index (Phi) is 8.48.